The monoisotopic (exact) mass is 562 g/mol. The number of likely N-dealkylation sites (tertiary alicyclic amines) is 1. The van der Waals surface area contributed by atoms with Gasteiger partial charge in [-0.1, -0.05) is 12.1 Å². The largest absolute Gasteiger partial charge is 0.472 e. The number of halogens is 1. The molecule has 1 aromatic carbocycles. The van der Waals surface area contributed by atoms with Gasteiger partial charge in [-0.25, -0.2) is 9.37 Å². The number of carbonyl (C=O) groups is 1. The van der Waals surface area contributed by atoms with Gasteiger partial charge in [0.25, 0.3) is 5.56 Å². The number of fused-ring (bicyclic) bond motifs is 1. The molecule has 9 nitrogen and oxygen atoms in total. The first-order valence-corrected chi connectivity index (χ1v) is 14.2. The molecule has 0 spiro atoms. The molecule has 0 bridgehead atoms. The average Bonchev–Trinajstić information content (AvgIpc) is 3.65. The Morgan fingerprint density at radius 2 is 1.90 bits per heavy atom. The Morgan fingerprint density at radius 1 is 1.15 bits per heavy atom. The molecule has 4 heterocycles. The van der Waals surface area contributed by atoms with E-state index in [9.17, 15) is 24.2 Å². The van der Waals surface area contributed by atoms with Gasteiger partial charge in [-0.3, -0.25) is 14.2 Å². The van der Waals surface area contributed by atoms with Gasteiger partial charge in [0, 0.05) is 36.8 Å². The van der Waals surface area contributed by atoms with Crippen LogP contribution >= 0.6 is 0 Å². The fourth-order valence-electron chi connectivity index (χ4n) is 6.48. The third-order valence-electron chi connectivity index (χ3n) is 8.93. The topological polar surface area (TPSA) is 114 Å². The van der Waals surface area contributed by atoms with Crippen molar-refractivity contribution in [2.45, 2.75) is 69.4 Å². The molecule has 3 aromatic heterocycles. The summed E-state index contributed by atoms with van der Waals surface area (Å²) in [6.45, 7) is 2.35. The third-order valence-corrected chi connectivity index (χ3v) is 8.93. The molecule has 0 radical (unpaired) electrons. The first kappa shape index (κ1) is 27.4. The van der Waals surface area contributed by atoms with E-state index in [2.05, 4.69) is 4.98 Å². The molecule has 10 heteroatoms. The van der Waals surface area contributed by atoms with Crippen molar-refractivity contribution < 1.29 is 23.8 Å². The normalized spacial score (nSPS) is 24.5. The minimum Gasteiger partial charge on any atom is -0.472 e. The summed E-state index contributed by atoms with van der Waals surface area (Å²) in [4.78, 5) is 33.2. The highest BCUT2D eigenvalue weighted by molar-refractivity contribution is 5.80. The summed E-state index contributed by atoms with van der Waals surface area (Å²) in [5.41, 5.74) is 0.245. The fourth-order valence-corrected chi connectivity index (χ4v) is 6.48. The Labute approximate surface area is 236 Å². The Hall–Kier alpha value is -3.76. The Kier molecular flexibility index (Phi) is 7.07. The van der Waals surface area contributed by atoms with Crippen LogP contribution in [0.15, 0.2) is 70.7 Å². The molecule has 1 saturated heterocycles. The van der Waals surface area contributed by atoms with Crippen molar-refractivity contribution in [1.82, 2.24) is 19.0 Å². The number of nitrogens with zero attached hydrogens (tertiary/aromatic N) is 4. The van der Waals surface area contributed by atoms with Crippen LogP contribution < -0.4 is 5.56 Å². The summed E-state index contributed by atoms with van der Waals surface area (Å²) in [6.07, 6.45) is 8.13. The molecule has 1 unspecified atom stereocenters. The number of alkyl halides is 1. The quantitative estimate of drug-likeness (QED) is 0.368. The van der Waals surface area contributed by atoms with E-state index in [4.69, 9.17) is 4.42 Å². The van der Waals surface area contributed by atoms with Crippen LogP contribution in [0.25, 0.3) is 16.7 Å². The van der Waals surface area contributed by atoms with E-state index in [1.807, 2.05) is 34.9 Å². The molecule has 1 aliphatic carbocycles. The van der Waals surface area contributed by atoms with Crippen molar-refractivity contribution in [3.8, 4) is 5.69 Å². The van der Waals surface area contributed by atoms with E-state index in [0.29, 0.717) is 49.8 Å². The van der Waals surface area contributed by atoms with Crippen LogP contribution in [0.4, 0.5) is 4.39 Å². The van der Waals surface area contributed by atoms with Crippen molar-refractivity contribution in [3.63, 3.8) is 0 Å². The molecule has 1 saturated carbocycles. The summed E-state index contributed by atoms with van der Waals surface area (Å²) < 4.78 is 23.4. The molecule has 1 aliphatic heterocycles. The second-order valence-electron chi connectivity index (χ2n) is 11.9. The molecule has 216 valence electrons. The van der Waals surface area contributed by atoms with Crippen LogP contribution in [0.3, 0.4) is 0 Å². The highest BCUT2D eigenvalue weighted by Crippen LogP contribution is 2.45. The van der Waals surface area contributed by atoms with Gasteiger partial charge in [0.15, 0.2) is 5.65 Å². The van der Waals surface area contributed by atoms with Gasteiger partial charge in [-0.15, -0.1) is 0 Å². The minimum atomic E-state index is -1.32. The predicted octanol–water partition coefficient (Wildman–Crippen LogP) is 3.94. The lowest BCUT2D eigenvalue weighted by Gasteiger charge is -2.43. The zero-order chi connectivity index (χ0) is 28.8. The number of aromatic nitrogens is 3. The Balaban J connectivity index is 1.14. The van der Waals surface area contributed by atoms with Gasteiger partial charge < -0.3 is 24.1 Å². The SMILES string of the molecule is CC1(F)CC[C@@H](C(=O)N2CCC(O)(Cn3cnc4c(ccn4-c4ccc(CO)cc4)c3=O)CC2)[C@H](c2ccoc2)C1. The summed E-state index contributed by atoms with van der Waals surface area (Å²) in [7, 11) is 0. The highest BCUT2D eigenvalue weighted by Gasteiger charge is 2.44. The van der Waals surface area contributed by atoms with Crippen molar-refractivity contribution in [2.24, 2.45) is 5.92 Å². The molecule has 6 rings (SSSR count). The lowest BCUT2D eigenvalue weighted by molar-refractivity contribution is -0.143. The lowest BCUT2D eigenvalue weighted by Crippen LogP contribution is -2.52. The van der Waals surface area contributed by atoms with Gasteiger partial charge in [-0.2, -0.15) is 0 Å². The zero-order valence-electron chi connectivity index (χ0n) is 23.1. The van der Waals surface area contributed by atoms with Crippen LogP contribution in [-0.2, 0) is 17.9 Å². The maximum absolute atomic E-state index is 14.9. The summed E-state index contributed by atoms with van der Waals surface area (Å²) >= 11 is 0. The Bertz CT molecular complexity index is 1580. The molecule has 2 fully saturated rings. The molecule has 2 N–H and O–H groups in total. The number of piperidine rings is 1. The number of amides is 1. The number of benzene rings is 1. The number of aliphatic hydroxyl groups is 2. The van der Waals surface area contributed by atoms with Crippen LogP contribution in [0.1, 0.15) is 56.1 Å². The summed E-state index contributed by atoms with van der Waals surface area (Å²) in [5, 5.41) is 21.2. The summed E-state index contributed by atoms with van der Waals surface area (Å²) in [6, 6.07) is 10.9. The third kappa shape index (κ3) is 5.34. The smallest absolute Gasteiger partial charge is 0.262 e. The first-order valence-electron chi connectivity index (χ1n) is 14.2. The molecule has 4 aromatic rings. The fraction of sp³-hybridized carbons (Fsp3) is 0.452. The van der Waals surface area contributed by atoms with E-state index < -0.39 is 11.3 Å². The second kappa shape index (κ2) is 10.6. The van der Waals surface area contributed by atoms with Crippen LogP contribution in [0, 0.1) is 5.92 Å². The standard InChI is InChI=1S/C31H35FN4O5/c1-30(32)9-6-24(26(16-30)22-8-15-41-18-22)28(38)34-13-10-31(40,11-14-34)19-35-20-33-27-25(29(35)39)7-12-36(27)23-4-2-21(17-37)3-5-23/h2-5,7-8,12,15,18,20,24,26,37,40H,6,9-11,13-14,16-17,19H2,1H3/t24-,26+,30?/m1/s1. The average molecular weight is 563 g/mol. The molecule has 2 aliphatic rings. The van der Waals surface area contributed by atoms with Crippen LogP contribution in [0.2, 0.25) is 0 Å². The van der Waals surface area contributed by atoms with Crippen LogP contribution in [-0.4, -0.2) is 59.5 Å². The number of carbonyl (C=O) groups excluding carboxylic acids is 1. The van der Waals surface area contributed by atoms with Crippen LogP contribution in [0.5, 0.6) is 0 Å². The molecular weight excluding hydrogens is 527 g/mol. The highest BCUT2D eigenvalue weighted by atomic mass is 19.1. The van der Waals surface area contributed by atoms with E-state index >= 15 is 0 Å². The molecule has 3 atom stereocenters. The number of aliphatic hydroxyl groups excluding tert-OH is 1. The van der Waals surface area contributed by atoms with Crippen molar-refractivity contribution in [1.29, 1.82) is 0 Å². The lowest BCUT2D eigenvalue weighted by atomic mass is 9.70. The van der Waals surface area contributed by atoms with E-state index in [1.54, 1.807) is 36.6 Å². The van der Waals surface area contributed by atoms with Crippen molar-refractivity contribution in [2.75, 3.05) is 13.1 Å². The van der Waals surface area contributed by atoms with Gasteiger partial charge >= 0.3 is 0 Å². The molecule has 41 heavy (non-hydrogen) atoms. The van der Waals surface area contributed by atoms with Gasteiger partial charge in [0.1, 0.15) is 12.0 Å². The number of rotatable bonds is 6. The number of hydrogen-bond acceptors (Lipinski definition) is 6. The first-order chi connectivity index (χ1) is 19.7. The minimum absolute atomic E-state index is 0.0117. The maximum atomic E-state index is 14.9. The van der Waals surface area contributed by atoms with E-state index in [1.165, 1.54) is 10.9 Å². The summed E-state index contributed by atoms with van der Waals surface area (Å²) in [5.74, 6) is -0.592. The molecule has 1 amide bonds. The van der Waals surface area contributed by atoms with Gasteiger partial charge in [-0.05, 0) is 74.4 Å². The number of hydrogen-bond donors (Lipinski definition) is 2. The zero-order valence-corrected chi connectivity index (χ0v) is 23.1. The maximum Gasteiger partial charge on any atom is 0.262 e. The van der Waals surface area contributed by atoms with Crippen molar-refractivity contribution >= 4 is 16.9 Å². The van der Waals surface area contributed by atoms with Crippen molar-refractivity contribution in [3.05, 3.63) is 82.9 Å². The predicted molar refractivity (Wildman–Crippen MR) is 150 cm³/mol. The number of furan rings is 1. The van der Waals surface area contributed by atoms with E-state index in [-0.39, 0.29) is 42.9 Å². The van der Waals surface area contributed by atoms with E-state index in [0.717, 1.165) is 16.8 Å². The second-order valence-corrected chi connectivity index (χ2v) is 11.9. The van der Waals surface area contributed by atoms with Gasteiger partial charge in [0.05, 0.1) is 36.7 Å². The Morgan fingerprint density at radius 3 is 2.59 bits per heavy atom. The van der Waals surface area contributed by atoms with Gasteiger partial charge in [0.2, 0.25) is 5.91 Å². The molecular formula is C31H35FN4O5.